The Morgan fingerprint density at radius 3 is 2.43 bits per heavy atom. The van der Waals surface area contributed by atoms with E-state index in [1.54, 1.807) is 46.2 Å². The van der Waals surface area contributed by atoms with Gasteiger partial charge in [-0.25, -0.2) is 9.97 Å². The average Bonchev–Trinajstić information content (AvgIpc) is 3.35. The third-order valence-electron chi connectivity index (χ3n) is 4.09. The minimum Gasteiger partial charge on any atom is -0.234 e. The van der Waals surface area contributed by atoms with Crippen molar-refractivity contribution in [2.45, 2.75) is 24.9 Å². The standard InChI is InChI=1S/C23H14N2S4.Pt/c1-2-7-16(8-3-1)13-17-15-26-22(24-17)27-18-9-6-10-19(14-18)28-23-25-20-11-4-5-12-21(20)29-23;/h1-7,9-12,15H,13H2;/q-2;+2. The monoisotopic (exact) mass is 641 g/mol. The van der Waals surface area contributed by atoms with Crippen molar-refractivity contribution in [3.05, 3.63) is 95.5 Å². The van der Waals surface area contributed by atoms with Gasteiger partial charge in [0.1, 0.15) is 0 Å². The van der Waals surface area contributed by atoms with Crippen molar-refractivity contribution >= 4 is 56.4 Å². The Morgan fingerprint density at radius 2 is 1.63 bits per heavy atom. The molecule has 0 unspecified atom stereocenters. The second-order valence-corrected chi connectivity index (χ2v) is 10.7. The number of nitrogens with zero attached hydrogens (tertiary/aromatic N) is 2. The number of hydrogen-bond donors (Lipinski definition) is 0. The zero-order chi connectivity index (χ0) is 19.5. The minimum atomic E-state index is 0. The summed E-state index contributed by atoms with van der Waals surface area (Å²) in [6, 6.07) is 29.3. The molecule has 0 amide bonds. The molecule has 5 rings (SSSR count). The van der Waals surface area contributed by atoms with Gasteiger partial charge in [-0.05, 0) is 18.6 Å². The van der Waals surface area contributed by atoms with Crippen LogP contribution in [-0.4, -0.2) is 9.97 Å². The van der Waals surface area contributed by atoms with Gasteiger partial charge in [0.2, 0.25) is 0 Å². The van der Waals surface area contributed by atoms with Crippen LogP contribution in [0.1, 0.15) is 11.3 Å². The summed E-state index contributed by atoms with van der Waals surface area (Å²) in [5.74, 6) is 0. The van der Waals surface area contributed by atoms with E-state index in [-0.39, 0.29) is 21.1 Å². The molecule has 0 fully saturated rings. The molecule has 2 heterocycles. The van der Waals surface area contributed by atoms with Gasteiger partial charge in [0.15, 0.2) is 8.68 Å². The van der Waals surface area contributed by atoms with E-state index in [0.717, 1.165) is 41.7 Å². The Balaban J connectivity index is 0.00000218. The Bertz CT molecular complexity index is 1220. The molecule has 0 bridgehead atoms. The zero-order valence-electron chi connectivity index (χ0n) is 15.5. The van der Waals surface area contributed by atoms with E-state index in [4.69, 9.17) is 9.97 Å². The maximum Gasteiger partial charge on any atom is 2.00 e. The smallest absolute Gasteiger partial charge is 0.234 e. The summed E-state index contributed by atoms with van der Waals surface area (Å²) in [6.07, 6.45) is 0.815. The normalized spacial score (nSPS) is 10.8. The topological polar surface area (TPSA) is 25.8 Å². The third kappa shape index (κ3) is 5.43. The number of aromatic nitrogens is 2. The number of hydrogen-bond acceptors (Lipinski definition) is 6. The van der Waals surface area contributed by atoms with Crippen LogP contribution in [0, 0.1) is 12.1 Å². The zero-order valence-corrected chi connectivity index (χ0v) is 21.0. The van der Waals surface area contributed by atoms with Crippen LogP contribution >= 0.6 is 46.2 Å². The molecular formula is C23H14N2PtS4. The van der Waals surface area contributed by atoms with Gasteiger partial charge < -0.3 is 0 Å². The van der Waals surface area contributed by atoms with Crippen molar-refractivity contribution < 1.29 is 21.1 Å². The van der Waals surface area contributed by atoms with Gasteiger partial charge in [-0.15, -0.1) is 22.7 Å². The predicted octanol–water partition coefficient (Wildman–Crippen LogP) is 7.24. The predicted molar refractivity (Wildman–Crippen MR) is 123 cm³/mol. The van der Waals surface area contributed by atoms with Crippen molar-refractivity contribution in [1.29, 1.82) is 0 Å². The number of para-hydroxylation sites is 1. The summed E-state index contributed by atoms with van der Waals surface area (Å²) in [6.45, 7) is 0. The van der Waals surface area contributed by atoms with E-state index in [0.29, 0.717) is 0 Å². The van der Waals surface area contributed by atoms with Crippen LogP contribution in [0.4, 0.5) is 0 Å². The molecule has 0 spiro atoms. The quantitative estimate of drug-likeness (QED) is 0.183. The molecule has 30 heavy (non-hydrogen) atoms. The van der Waals surface area contributed by atoms with Crippen LogP contribution in [0.3, 0.4) is 0 Å². The van der Waals surface area contributed by atoms with E-state index in [1.807, 2.05) is 24.3 Å². The Kier molecular flexibility index (Phi) is 7.45. The van der Waals surface area contributed by atoms with E-state index >= 15 is 0 Å². The molecule has 0 atom stereocenters. The largest absolute Gasteiger partial charge is 2.00 e. The van der Waals surface area contributed by atoms with E-state index in [9.17, 15) is 0 Å². The summed E-state index contributed by atoms with van der Waals surface area (Å²) >= 11 is 6.72. The molecule has 0 N–H and O–H groups in total. The van der Waals surface area contributed by atoms with E-state index in [2.05, 4.69) is 60.0 Å². The maximum atomic E-state index is 4.77. The van der Waals surface area contributed by atoms with Crippen molar-refractivity contribution in [3.63, 3.8) is 0 Å². The summed E-state index contributed by atoms with van der Waals surface area (Å²) < 4.78 is 3.29. The molecule has 5 aromatic rings. The van der Waals surface area contributed by atoms with Gasteiger partial charge in [0, 0.05) is 5.38 Å². The van der Waals surface area contributed by atoms with Crippen LogP contribution in [0.15, 0.2) is 90.6 Å². The van der Waals surface area contributed by atoms with Gasteiger partial charge in [-0.2, -0.15) is 60.2 Å². The van der Waals surface area contributed by atoms with Gasteiger partial charge in [0.05, 0.1) is 15.9 Å². The fourth-order valence-corrected chi connectivity index (χ4v) is 6.70. The summed E-state index contributed by atoms with van der Waals surface area (Å²) in [4.78, 5) is 11.6. The Morgan fingerprint density at radius 1 is 0.833 bits per heavy atom. The van der Waals surface area contributed by atoms with Crippen molar-refractivity contribution in [2.24, 2.45) is 0 Å². The molecule has 2 nitrogen and oxygen atoms in total. The SMILES string of the molecule is [Pt+2].[c-]1ccccc1Cc1csc(Sc2[c-]c(Sc3nc4ccccc4s3)ccc2)n1. The Labute approximate surface area is 206 Å². The molecule has 2 aromatic heterocycles. The summed E-state index contributed by atoms with van der Waals surface area (Å²) in [5, 5.41) is 2.13. The second-order valence-electron chi connectivity index (χ2n) is 6.20. The summed E-state index contributed by atoms with van der Waals surface area (Å²) in [5.41, 5.74) is 3.30. The first-order chi connectivity index (χ1) is 14.3. The number of rotatable bonds is 6. The Hall–Kier alpha value is -1.43. The molecule has 0 saturated carbocycles. The molecule has 150 valence electrons. The number of fused-ring (bicyclic) bond motifs is 1. The van der Waals surface area contributed by atoms with Gasteiger partial charge in [-0.3, -0.25) is 0 Å². The first kappa shape index (κ1) is 21.8. The number of benzene rings is 3. The maximum absolute atomic E-state index is 4.77. The van der Waals surface area contributed by atoms with Crippen LogP contribution in [0.5, 0.6) is 0 Å². The number of thiazole rings is 2. The molecule has 3 aromatic carbocycles. The van der Waals surface area contributed by atoms with Crippen molar-refractivity contribution in [2.75, 3.05) is 0 Å². The van der Waals surface area contributed by atoms with Gasteiger partial charge in [-0.1, -0.05) is 45.4 Å². The first-order valence-corrected chi connectivity index (χ1v) is 12.3. The van der Waals surface area contributed by atoms with E-state index in [1.165, 1.54) is 4.70 Å². The fraction of sp³-hybridized carbons (Fsp3) is 0.0435. The third-order valence-corrected chi connectivity index (χ3v) is 8.09. The fourth-order valence-electron chi connectivity index (χ4n) is 2.78. The van der Waals surface area contributed by atoms with Crippen LogP contribution in [-0.2, 0) is 27.5 Å². The molecule has 7 heteroatoms. The van der Waals surface area contributed by atoms with Crippen molar-refractivity contribution in [1.82, 2.24) is 9.97 Å². The molecule has 0 radical (unpaired) electrons. The first-order valence-electron chi connectivity index (χ1n) is 8.95. The summed E-state index contributed by atoms with van der Waals surface area (Å²) in [7, 11) is 0. The minimum absolute atomic E-state index is 0. The molecule has 0 aliphatic rings. The van der Waals surface area contributed by atoms with E-state index < -0.39 is 0 Å². The van der Waals surface area contributed by atoms with Gasteiger partial charge in [0.25, 0.3) is 0 Å². The average molecular weight is 642 g/mol. The van der Waals surface area contributed by atoms with Crippen molar-refractivity contribution in [3.8, 4) is 0 Å². The molecule has 0 aliphatic heterocycles. The van der Waals surface area contributed by atoms with Crippen LogP contribution in [0.2, 0.25) is 0 Å². The molecule has 0 aliphatic carbocycles. The second kappa shape index (κ2) is 10.3. The molecular weight excluding hydrogens is 628 g/mol. The van der Waals surface area contributed by atoms with Crippen LogP contribution in [0.25, 0.3) is 10.2 Å². The molecule has 0 saturated heterocycles. The van der Waals surface area contributed by atoms with Gasteiger partial charge >= 0.3 is 21.1 Å². The van der Waals surface area contributed by atoms with Crippen LogP contribution < -0.4 is 0 Å².